The standard InChI is InChI=1S/C11H14FNO3/c1-3-16-10-6-8(12)4-5-9(10)13-11(14)7-15-2/h4-6H,3,7H2,1-2H3,(H,13,14). The topological polar surface area (TPSA) is 47.6 Å². The molecule has 0 heterocycles. The van der Waals surface area contributed by atoms with Gasteiger partial charge in [0.05, 0.1) is 12.3 Å². The second-order valence-corrected chi connectivity index (χ2v) is 3.05. The second kappa shape index (κ2) is 6.07. The molecule has 16 heavy (non-hydrogen) atoms. The molecule has 1 aromatic rings. The summed E-state index contributed by atoms with van der Waals surface area (Å²) in [6, 6.07) is 3.94. The first kappa shape index (κ1) is 12.4. The van der Waals surface area contributed by atoms with E-state index in [1.54, 1.807) is 6.92 Å². The monoisotopic (exact) mass is 227 g/mol. The van der Waals surface area contributed by atoms with E-state index in [0.717, 1.165) is 0 Å². The van der Waals surface area contributed by atoms with Crippen LogP contribution >= 0.6 is 0 Å². The molecule has 1 N–H and O–H groups in total. The number of nitrogens with one attached hydrogen (secondary N) is 1. The van der Waals surface area contributed by atoms with Gasteiger partial charge in [0.1, 0.15) is 18.2 Å². The van der Waals surface area contributed by atoms with E-state index in [9.17, 15) is 9.18 Å². The Morgan fingerprint density at radius 3 is 2.88 bits per heavy atom. The lowest BCUT2D eigenvalue weighted by atomic mass is 10.3. The molecular formula is C11H14FNO3. The van der Waals surface area contributed by atoms with E-state index in [0.29, 0.717) is 18.0 Å². The fraction of sp³-hybridized carbons (Fsp3) is 0.364. The van der Waals surface area contributed by atoms with Gasteiger partial charge in [-0.15, -0.1) is 0 Å². The first-order chi connectivity index (χ1) is 7.67. The summed E-state index contributed by atoms with van der Waals surface area (Å²) in [7, 11) is 1.42. The number of carbonyl (C=O) groups is 1. The lowest BCUT2D eigenvalue weighted by molar-refractivity contribution is -0.119. The average Bonchev–Trinajstić information content (AvgIpc) is 2.23. The van der Waals surface area contributed by atoms with E-state index in [1.165, 1.54) is 25.3 Å². The molecule has 0 saturated carbocycles. The maximum absolute atomic E-state index is 12.9. The quantitative estimate of drug-likeness (QED) is 0.834. The van der Waals surface area contributed by atoms with Crippen molar-refractivity contribution in [2.45, 2.75) is 6.92 Å². The van der Waals surface area contributed by atoms with Crippen molar-refractivity contribution < 1.29 is 18.7 Å². The van der Waals surface area contributed by atoms with Crippen molar-refractivity contribution in [1.29, 1.82) is 0 Å². The van der Waals surface area contributed by atoms with Gasteiger partial charge in [-0.2, -0.15) is 0 Å². The van der Waals surface area contributed by atoms with Crippen LogP contribution in [0.2, 0.25) is 0 Å². The largest absolute Gasteiger partial charge is 0.492 e. The number of benzene rings is 1. The third kappa shape index (κ3) is 3.51. The first-order valence-electron chi connectivity index (χ1n) is 4.88. The molecule has 88 valence electrons. The highest BCUT2D eigenvalue weighted by Crippen LogP contribution is 2.25. The Kier molecular flexibility index (Phi) is 4.72. The van der Waals surface area contributed by atoms with Crippen molar-refractivity contribution in [3.05, 3.63) is 24.0 Å². The Morgan fingerprint density at radius 1 is 1.50 bits per heavy atom. The fourth-order valence-electron chi connectivity index (χ4n) is 1.19. The fourth-order valence-corrected chi connectivity index (χ4v) is 1.19. The minimum Gasteiger partial charge on any atom is -0.492 e. The van der Waals surface area contributed by atoms with E-state index in [1.807, 2.05) is 0 Å². The first-order valence-corrected chi connectivity index (χ1v) is 4.88. The zero-order chi connectivity index (χ0) is 12.0. The van der Waals surface area contributed by atoms with Gasteiger partial charge in [0.2, 0.25) is 5.91 Å². The zero-order valence-corrected chi connectivity index (χ0v) is 9.25. The number of amides is 1. The van der Waals surface area contributed by atoms with E-state index in [4.69, 9.17) is 4.74 Å². The van der Waals surface area contributed by atoms with Crippen LogP contribution in [0.25, 0.3) is 0 Å². The van der Waals surface area contributed by atoms with Gasteiger partial charge >= 0.3 is 0 Å². The van der Waals surface area contributed by atoms with Crippen LogP contribution in [-0.2, 0) is 9.53 Å². The van der Waals surface area contributed by atoms with Gasteiger partial charge < -0.3 is 14.8 Å². The summed E-state index contributed by atoms with van der Waals surface area (Å²) in [4.78, 5) is 11.3. The predicted octanol–water partition coefficient (Wildman–Crippen LogP) is 1.81. The van der Waals surface area contributed by atoms with E-state index < -0.39 is 5.82 Å². The molecular weight excluding hydrogens is 213 g/mol. The van der Waals surface area contributed by atoms with E-state index in [-0.39, 0.29) is 12.5 Å². The maximum atomic E-state index is 12.9. The third-order valence-corrected chi connectivity index (χ3v) is 1.79. The number of hydrogen-bond acceptors (Lipinski definition) is 3. The van der Waals surface area contributed by atoms with Crippen LogP contribution in [0.3, 0.4) is 0 Å². The van der Waals surface area contributed by atoms with E-state index >= 15 is 0 Å². The van der Waals surface area contributed by atoms with Gasteiger partial charge in [0.15, 0.2) is 0 Å². The molecule has 1 rings (SSSR count). The molecule has 0 aliphatic rings. The minimum atomic E-state index is -0.409. The summed E-state index contributed by atoms with van der Waals surface area (Å²) in [6.07, 6.45) is 0. The summed E-state index contributed by atoms with van der Waals surface area (Å²) in [6.45, 7) is 2.13. The Hall–Kier alpha value is -1.62. The Labute approximate surface area is 93.4 Å². The van der Waals surface area contributed by atoms with Crippen LogP contribution in [0.1, 0.15) is 6.92 Å². The van der Waals surface area contributed by atoms with Gasteiger partial charge in [0, 0.05) is 13.2 Å². The molecule has 0 radical (unpaired) electrons. The van der Waals surface area contributed by atoms with Gasteiger partial charge in [-0.05, 0) is 19.1 Å². The Morgan fingerprint density at radius 2 is 2.25 bits per heavy atom. The van der Waals surface area contributed by atoms with Gasteiger partial charge in [-0.25, -0.2) is 4.39 Å². The summed E-state index contributed by atoms with van der Waals surface area (Å²) in [5, 5.41) is 2.57. The minimum absolute atomic E-state index is 0.0526. The normalized spacial score (nSPS) is 9.94. The lowest BCUT2D eigenvalue weighted by Crippen LogP contribution is -2.17. The highest BCUT2D eigenvalue weighted by atomic mass is 19.1. The van der Waals surface area contributed by atoms with Crippen LogP contribution in [0.15, 0.2) is 18.2 Å². The van der Waals surface area contributed by atoms with Crippen molar-refractivity contribution in [3.63, 3.8) is 0 Å². The average molecular weight is 227 g/mol. The molecule has 4 nitrogen and oxygen atoms in total. The van der Waals surface area contributed by atoms with Gasteiger partial charge in [-0.1, -0.05) is 0 Å². The van der Waals surface area contributed by atoms with Gasteiger partial charge in [-0.3, -0.25) is 4.79 Å². The molecule has 0 unspecified atom stereocenters. The molecule has 0 aromatic heterocycles. The predicted molar refractivity (Wildman–Crippen MR) is 58.1 cm³/mol. The molecule has 1 aromatic carbocycles. The van der Waals surface area contributed by atoms with Crippen molar-refractivity contribution in [2.24, 2.45) is 0 Å². The third-order valence-electron chi connectivity index (χ3n) is 1.79. The van der Waals surface area contributed by atoms with Crippen molar-refractivity contribution in [1.82, 2.24) is 0 Å². The summed E-state index contributed by atoms with van der Waals surface area (Å²) in [5.41, 5.74) is 0.435. The lowest BCUT2D eigenvalue weighted by Gasteiger charge is -2.11. The highest BCUT2D eigenvalue weighted by Gasteiger charge is 2.08. The van der Waals surface area contributed by atoms with Crippen molar-refractivity contribution in [3.8, 4) is 5.75 Å². The molecule has 0 saturated heterocycles. The number of ether oxygens (including phenoxy) is 2. The SMILES string of the molecule is CCOc1cc(F)ccc1NC(=O)COC. The molecule has 0 spiro atoms. The summed E-state index contributed by atoms with van der Waals surface area (Å²) >= 11 is 0. The molecule has 1 amide bonds. The Bertz CT molecular complexity index is 368. The number of hydrogen-bond donors (Lipinski definition) is 1. The number of rotatable bonds is 5. The highest BCUT2D eigenvalue weighted by molar-refractivity contribution is 5.93. The smallest absolute Gasteiger partial charge is 0.250 e. The number of halogens is 1. The second-order valence-electron chi connectivity index (χ2n) is 3.05. The van der Waals surface area contributed by atoms with Crippen LogP contribution < -0.4 is 10.1 Å². The molecule has 0 bridgehead atoms. The maximum Gasteiger partial charge on any atom is 0.250 e. The van der Waals surface area contributed by atoms with Gasteiger partial charge in [0.25, 0.3) is 0 Å². The zero-order valence-electron chi connectivity index (χ0n) is 9.25. The van der Waals surface area contributed by atoms with Crippen LogP contribution in [0.4, 0.5) is 10.1 Å². The van der Waals surface area contributed by atoms with E-state index in [2.05, 4.69) is 10.1 Å². The number of methoxy groups -OCH3 is 1. The molecule has 0 atom stereocenters. The number of carbonyl (C=O) groups excluding carboxylic acids is 1. The summed E-state index contributed by atoms with van der Waals surface area (Å²) in [5.74, 6) is -0.407. The van der Waals surface area contributed by atoms with Crippen LogP contribution in [0.5, 0.6) is 5.75 Å². The number of anilines is 1. The molecule has 0 aliphatic heterocycles. The van der Waals surface area contributed by atoms with Crippen molar-refractivity contribution in [2.75, 3.05) is 25.6 Å². The van der Waals surface area contributed by atoms with Crippen molar-refractivity contribution >= 4 is 11.6 Å². The molecule has 0 aliphatic carbocycles. The molecule has 5 heteroatoms. The van der Waals surface area contributed by atoms with Crippen LogP contribution in [0, 0.1) is 5.82 Å². The summed E-state index contributed by atoms with van der Waals surface area (Å²) < 4.78 is 22.8. The Balaban J connectivity index is 2.81. The molecule has 0 fully saturated rings. The van der Waals surface area contributed by atoms with Crippen LogP contribution in [-0.4, -0.2) is 26.2 Å².